The minimum absolute atomic E-state index is 0.194. The minimum atomic E-state index is 0.194. The van der Waals surface area contributed by atoms with Crippen LogP contribution < -0.4 is 5.32 Å². The molecule has 3 atom stereocenters. The Bertz CT molecular complexity index is 485. The van der Waals surface area contributed by atoms with Gasteiger partial charge >= 0.3 is 0 Å². The fourth-order valence-corrected chi connectivity index (χ4v) is 3.40. The van der Waals surface area contributed by atoms with E-state index >= 15 is 0 Å². The van der Waals surface area contributed by atoms with E-state index in [1.54, 1.807) is 0 Å². The van der Waals surface area contributed by atoms with Gasteiger partial charge in [-0.2, -0.15) is 0 Å². The lowest BCUT2D eigenvalue weighted by Gasteiger charge is -2.24. The minimum Gasteiger partial charge on any atom is -0.341 e. The van der Waals surface area contributed by atoms with E-state index in [9.17, 15) is 4.79 Å². The summed E-state index contributed by atoms with van der Waals surface area (Å²) in [4.78, 5) is 14.4. The van der Waals surface area contributed by atoms with E-state index in [-0.39, 0.29) is 5.92 Å². The lowest BCUT2D eigenvalue weighted by molar-refractivity contribution is -0.133. The SMILES string of the molecule is CN(C(=O)C1CC1c1cccc(Br)c1)C1CCNC1. The molecule has 19 heavy (non-hydrogen) atoms. The molecule has 1 saturated heterocycles. The second-order valence-electron chi connectivity index (χ2n) is 5.60. The van der Waals surface area contributed by atoms with Crippen LogP contribution in [0, 0.1) is 5.92 Å². The highest BCUT2D eigenvalue weighted by atomic mass is 79.9. The molecule has 1 aromatic carbocycles. The van der Waals surface area contributed by atoms with Crippen molar-refractivity contribution in [3.63, 3.8) is 0 Å². The van der Waals surface area contributed by atoms with Crippen LogP contribution in [-0.2, 0) is 4.79 Å². The zero-order valence-electron chi connectivity index (χ0n) is 11.1. The van der Waals surface area contributed by atoms with E-state index in [1.807, 2.05) is 24.1 Å². The van der Waals surface area contributed by atoms with Crippen molar-refractivity contribution in [1.29, 1.82) is 0 Å². The van der Waals surface area contributed by atoms with Gasteiger partial charge in [0.15, 0.2) is 0 Å². The molecule has 1 amide bonds. The molecule has 4 heteroatoms. The molecule has 1 aromatic rings. The molecule has 0 radical (unpaired) electrons. The van der Waals surface area contributed by atoms with Crippen LogP contribution in [0.15, 0.2) is 28.7 Å². The monoisotopic (exact) mass is 322 g/mol. The first kappa shape index (κ1) is 13.1. The highest BCUT2D eigenvalue weighted by Crippen LogP contribution is 2.49. The molecule has 3 rings (SSSR count). The number of nitrogens with zero attached hydrogens (tertiary/aromatic N) is 1. The number of carbonyl (C=O) groups excluding carboxylic acids is 1. The molecule has 1 heterocycles. The van der Waals surface area contributed by atoms with Crippen LogP contribution in [0.1, 0.15) is 24.3 Å². The lowest BCUT2D eigenvalue weighted by atomic mass is 10.1. The predicted octanol–water partition coefficient (Wildman–Crippen LogP) is 2.37. The van der Waals surface area contributed by atoms with E-state index < -0.39 is 0 Å². The average Bonchev–Trinajstić information content (AvgIpc) is 3.02. The Kier molecular flexibility index (Phi) is 3.63. The summed E-state index contributed by atoms with van der Waals surface area (Å²) in [5, 5.41) is 3.32. The number of benzene rings is 1. The first-order chi connectivity index (χ1) is 9.16. The number of likely N-dealkylation sites (N-methyl/N-ethyl adjacent to an activating group) is 1. The summed E-state index contributed by atoms with van der Waals surface area (Å²) in [6.45, 7) is 1.97. The van der Waals surface area contributed by atoms with Gasteiger partial charge in [0, 0.05) is 30.0 Å². The summed E-state index contributed by atoms with van der Waals surface area (Å²) in [5.41, 5.74) is 1.28. The fraction of sp³-hybridized carbons (Fsp3) is 0.533. The van der Waals surface area contributed by atoms with Gasteiger partial charge in [-0.1, -0.05) is 28.1 Å². The van der Waals surface area contributed by atoms with Crippen LogP contribution in [0.3, 0.4) is 0 Å². The Balaban J connectivity index is 1.64. The van der Waals surface area contributed by atoms with Gasteiger partial charge in [-0.3, -0.25) is 4.79 Å². The molecule has 3 unspecified atom stereocenters. The molecule has 2 fully saturated rings. The van der Waals surface area contributed by atoms with E-state index in [0.29, 0.717) is 17.9 Å². The summed E-state index contributed by atoms with van der Waals surface area (Å²) in [7, 11) is 1.95. The topological polar surface area (TPSA) is 32.3 Å². The van der Waals surface area contributed by atoms with Crippen LogP contribution in [-0.4, -0.2) is 37.0 Å². The van der Waals surface area contributed by atoms with Crippen LogP contribution in [0.4, 0.5) is 0 Å². The third kappa shape index (κ3) is 2.70. The molecule has 2 aliphatic rings. The molecule has 0 aromatic heterocycles. The summed E-state index contributed by atoms with van der Waals surface area (Å²) in [6.07, 6.45) is 2.08. The maximum atomic E-state index is 12.4. The predicted molar refractivity (Wildman–Crippen MR) is 79.0 cm³/mol. The standard InChI is InChI=1S/C15H19BrN2O/c1-18(12-5-6-17-9-12)15(19)14-8-13(14)10-3-2-4-11(16)7-10/h2-4,7,12-14,17H,5-6,8-9H2,1H3. The third-order valence-electron chi connectivity index (χ3n) is 4.31. The number of amides is 1. The quantitative estimate of drug-likeness (QED) is 0.926. The number of rotatable bonds is 3. The van der Waals surface area contributed by atoms with Gasteiger partial charge in [0.25, 0.3) is 0 Å². The summed E-state index contributed by atoms with van der Waals surface area (Å²) in [5.74, 6) is 0.931. The Morgan fingerprint density at radius 1 is 1.47 bits per heavy atom. The molecule has 0 bridgehead atoms. The molecule has 3 nitrogen and oxygen atoms in total. The maximum Gasteiger partial charge on any atom is 0.226 e. The zero-order chi connectivity index (χ0) is 13.4. The second-order valence-corrected chi connectivity index (χ2v) is 6.52. The second kappa shape index (κ2) is 5.25. The number of halogens is 1. The van der Waals surface area contributed by atoms with Crippen molar-refractivity contribution in [3.05, 3.63) is 34.3 Å². The van der Waals surface area contributed by atoms with Crippen molar-refractivity contribution in [3.8, 4) is 0 Å². The average molecular weight is 323 g/mol. The largest absolute Gasteiger partial charge is 0.341 e. The molecular formula is C15H19BrN2O. The molecule has 1 N–H and O–H groups in total. The molecule has 1 aliphatic heterocycles. The van der Waals surface area contributed by atoms with E-state index in [1.165, 1.54) is 5.56 Å². The molecule has 1 aliphatic carbocycles. The maximum absolute atomic E-state index is 12.4. The molecule has 102 valence electrons. The Labute approximate surface area is 122 Å². The third-order valence-corrected chi connectivity index (χ3v) is 4.81. The van der Waals surface area contributed by atoms with E-state index in [2.05, 4.69) is 33.4 Å². The van der Waals surface area contributed by atoms with Crippen LogP contribution in [0.2, 0.25) is 0 Å². The number of nitrogens with one attached hydrogen (secondary N) is 1. The van der Waals surface area contributed by atoms with Crippen LogP contribution in [0.5, 0.6) is 0 Å². The lowest BCUT2D eigenvalue weighted by Crippen LogP contribution is -2.39. The zero-order valence-corrected chi connectivity index (χ0v) is 12.7. The van der Waals surface area contributed by atoms with Gasteiger partial charge in [0.2, 0.25) is 5.91 Å². The van der Waals surface area contributed by atoms with Gasteiger partial charge in [-0.25, -0.2) is 0 Å². The van der Waals surface area contributed by atoms with Crippen LogP contribution in [0.25, 0.3) is 0 Å². The van der Waals surface area contributed by atoms with Gasteiger partial charge in [0.1, 0.15) is 0 Å². The summed E-state index contributed by atoms with van der Waals surface area (Å²) in [6, 6.07) is 8.72. The van der Waals surface area contributed by atoms with Crippen molar-refractivity contribution in [2.45, 2.75) is 24.8 Å². The Hall–Kier alpha value is -0.870. The smallest absolute Gasteiger partial charge is 0.226 e. The highest BCUT2D eigenvalue weighted by molar-refractivity contribution is 9.10. The van der Waals surface area contributed by atoms with E-state index in [4.69, 9.17) is 0 Å². The normalized spacial score (nSPS) is 29.3. The van der Waals surface area contributed by atoms with Crippen molar-refractivity contribution in [2.75, 3.05) is 20.1 Å². The molecule has 1 saturated carbocycles. The van der Waals surface area contributed by atoms with Gasteiger partial charge in [0.05, 0.1) is 0 Å². The van der Waals surface area contributed by atoms with Crippen molar-refractivity contribution in [2.24, 2.45) is 5.92 Å². The molecular weight excluding hydrogens is 304 g/mol. The van der Waals surface area contributed by atoms with Crippen molar-refractivity contribution >= 4 is 21.8 Å². The number of hydrogen-bond acceptors (Lipinski definition) is 2. The number of hydrogen-bond donors (Lipinski definition) is 1. The first-order valence-electron chi connectivity index (χ1n) is 6.89. The van der Waals surface area contributed by atoms with Gasteiger partial charge in [-0.15, -0.1) is 0 Å². The Morgan fingerprint density at radius 3 is 3.00 bits per heavy atom. The van der Waals surface area contributed by atoms with Gasteiger partial charge < -0.3 is 10.2 Å². The van der Waals surface area contributed by atoms with Crippen molar-refractivity contribution < 1.29 is 4.79 Å². The first-order valence-corrected chi connectivity index (χ1v) is 7.69. The van der Waals surface area contributed by atoms with Gasteiger partial charge in [-0.05, 0) is 43.0 Å². The summed E-state index contributed by atoms with van der Waals surface area (Å²) < 4.78 is 1.09. The van der Waals surface area contributed by atoms with Crippen LogP contribution >= 0.6 is 15.9 Å². The summed E-state index contributed by atoms with van der Waals surface area (Å²) >= 11 is 3.49. The molecule has 0 spiro atoms. The van der Waals surface area contributed by atoms with Crippen molar-refractivity contribution in [1.82, 2.24) is 10.2 Å². The Morgan fingerprint density at radius 2 is 2.32 bits per heavy atom. The van der Waals surface area contributed by atoms with E-state index in [0.717, 1.165) is 30.4 Å². The highest BCUT2D eigenvalue weighted by Gasteiger charge is 2.46. The number of carbonyl (C=O) groups is 1. The fourth-order valence-electron chi connectivity index (χ4n) is 2.99.